The molecular formula is C50H83NO23. The van der Waals surface area contributed by atoms with Crippen molar-refractivity contribution in [2.24, 2.45) is 23.7 Å². The number of carboxylic acid groups (broad SMARTS) is 2. The fraction of sp³-hybridized carbons (Fsp3) is 0.820. The highest BCUT2D eigenvalue weighted by Crippen LogP contribution is 2.37. The molecule has 24 nitrogen and oxygen atoms in total. The van der Waals surface area contributed by atoms with E-state index in [-0.39, 0.29) is 31.7 Å². The second kappa shape index (κ2) is 29.4. The molecule has 0 aromatic carbocycles. The van der Waals surface area contributed by atoms with Crippen LogP contribution in [0.15, 0.2) is 23.8 Å². The second-order valence-electron chi connectivity index (χ2n) is 20.3. The molecule has 0 aliphatic carbocycles. The van der Waals surface area contributed by atoms with Gasteiger partial charge in [-0.25, -0.2) is 9.59 Å². The topological polar surface area (TPSA) is 354 Å². The molecule has 0 aromatic rings. The number of carbonyl (C=O) groups excluding carboxylic acids is 3. The molecular weight excluding hydrogens is 983 g/mol. The van der Waals surface area contributed by atoms with E-state index in [2.05, 4.69) is 0 Å². The van der Waals surface area contributed by atoms with Gasteiger partial charge in [-0.05, 0) is 73.5 Å². The van der Waals surface area contributed by atoms with E-state index >= 15 is 0 Å². The van der Waals surface area contributed by atoms with Crippen LogP contribution in [0.5, 0.6) is 0 Å². The van der Waals surface area contributed by atoms with Crippen LogP contribution in [0.4, 0.5) is 0 Å². The van der Waals surface area contributed by atoms with Gasteiger partial charge in [-0.3, -0.25) is 9.59 Å². The molecule has 9 N–H and O–H groups in total. The molecule has 23 atom stereocenters. The van der Waals surface area contributed by atoms with Crippen molar-refractivity contribution in [1.82, 2.24) is 4.90 Å². The number of likely N-dealkylation sites (N-methyl/N-ethyl adjacent to an activating group) is 1. The Morgan fingerprint density at radius 3 is 1.96 bits per heavy atom. The third-order valence-electron chi connectivity index (χ3n) is 14.2. The smallest absolute Gasteiger partial charge is 0.335 e. The van der Waals surface area contributed by atoms with Crippen molar-refractivity contribution in [2.45, 2.75) is 203 Å². The molecule has 0 bridgehead atoms. The number of ether oxygens (including phenoxy) is 9. The van der Waals surface area contributed by atoms with Crippen molar-refractivity contribution in [3.05, 3.63) is 23.8 Å². The highest BCUT2D eigenvalue weighted by Gasteiger charge is 2.52. The van der Waals surface area contributed by atoms with Crippen LogP contribution in [-0.2, 0) is 66.6 Å². The lowest BCUT2D eigenvalue weighted by Gasteiger charge is -2.50. The number of cyclic esters (lactones) is 1. The first-order valence-electron chi connectivity index (χ1n) is 25.0. The lowest BCUT2D eigenvalue weighted by molar-refractivity contribution is -0.341. The second-order valence-corrected chi connectivity index (χ2v) is 20.3. The Morgan fingerprint density at radius 2 is 1.43 bits per heavy atom. The van der Waals surface area contributed by atoms with Gasteiger partial charge in [0.1, 0.15) is 49.0 Å². The minimum absolute atomic E-state index is 0.00788. The number of nitrogens with zero attached hydrogens (tertiary/aromatic N) is 1. The summed E-state index contributed by atoms with van der Waals surface area (Å²) in [5.74, 6) is -7.13. The lowest BCUT2D eigenvalue weighted by Crippen LogP contribution is -2.65. The normalized spacial score (nSPS) is 40.7. The zero-order valence-electron chi connectivity index (χ0n) is 44.4. The summed E-state index contributed by atoms with van der Waals surface area (Å²) in [4.78, 5) is 61.1. The summed E-state index contributed by atoms with van der Waals surface area (Å²) >= 11 is 0. The van der Waals surface area contributed by atoms with Gasteiger partial charge in [0.25, 0.3) is 0 Å². The van der Waals surface area contributed by atoms with Gasteiger partial charge in [0.15, 0.2) is 36.9 Å². The molecule has 2 unspecified atom stereocenters. The Hall–Kier alpha value is -3.41. The number of esters is 1. The van der Waals surface area contributed by atoms with E-state index < -0.39 is 164 Å². The number of rotatable bonds is 16. The Labute approximate surface area is 432 Å². The van der Waals surface area contributed by atoms with Gasteiger partial charge in [0.2, 0.25) is 0 Å². The van der Waals surface area contributed by atoms with Crippen LogP contribution in [-0.4, -0.2) is 232 Å². The first kappa shape index (κ1) is 64.9. The van der Waals surface area contributed by atoms with Crippen LogP contribution in [0.25, 0.3) is 0 Å². The standard InChI is InChI=1S/C46H77NO17.C4H6O6/c1-13-33-30(22-58-45-42(57-12)41(56-11)37(52)26(5)60-45)18-23(2)14-15-31(49)24(3)19-29(16-17-48)39(25(4)32(50)20-34(51)62-33)64-44-38(53)36(47(9)10)40(27(6)61-44)63-35-21-46(8,55)43(54)28(7)59-35;5-1(3(7)8)2(6)4(9)10/h14-15,17-18,24-30,32-33,35-45,50,52-55H,13,16,19-22H2,1-12H3;1-2,5-6H,(H,7,8)(H,9,10)/t24-,25+,26-,27-,28-,29+,30-,32-,33-,35-,36-,37-,38-,39-,40-,41-,42-,43-,44+,45-,46+;/m1./s1. The highest BCUT2D eigenvalue weighted by molar-refractivity contribution is 5.91. The largest absolute Gasteiger partial charge is 0.479 e. The summed E-state index contributed by atoms with van der Waals surface area (Å²) in [5.41, 5.74) is -0.806. The van der Waals surface area contributed by atoms with Gasteiger partial charge < -0.3 is 98.3 Å². The average Bonchev–Trinajstić information content (AvgIpc) is 3.33. The number of hydrogen-bond donors (Lipinski definition) is 9. The summed E-state index contributed by atoms with van der Waals surface area (Å²) in [5, 5.41) is 88.3. The summed E-state index contributed by atoms with van der Waals surface area (Å²) in [6, 6.07) is -0.748. The quantitative estimate of drug-likeness (QED) is 0.0708. The van der Waals surface area contributed by atoms with Gasteiger partial charge in [-0.1, -0.05) is 38.5 Å². The molecule has 0 saturated carbocycles. The molecule has 74 heavy (non-hydrogen) atoms. The molecule has 0 aromatic heterocycles. The number of aldehydes is 1. The van der Waals surface area contributed by atoms with E-state index in [1.165, 1.54) is 27.2 Å². The van der Waals surface area contributed by atoms with E-state index in [4.69, 9.17) is 63.1 Å². The predicted octanol–water partition coefficient (Wildman–Crippen LogP) is -0.289. The van der Waals surface area contributed by atoms with Crippen molar-refractivity contribution < 1.29 is 113 Å². The minimum atomic E-state index is -2.27. The molecule has 4 aliphatic heterocycles. The molecule has 3 fully saturated rings. The monoisotopic (exact) mass is 1070 g/mol. The summed E-state index contributed by atoms with van der Waals surface area (Å²) in [6.07, 6.45) is -13.0. The average molecular weight is 1070 g/mol. The molecule has 4 rings (SSSR count). The minimum Gasteiger partial charge on any atom is -0.479 e. The van der Waals surface area contributed by atoms with Gasteiger partial charge >= 0.3 is 17.9 Å². The van der Waals surface area contributed by atoms with E-state index in [1.807, 2.05) is 19.9 Å². The van der Waals surface area contributed by atoms with Gasteiger partial charge in [-0.15, -0.1) is 0 Å². The van der Waals surface area contributed by atoms with Crippen LogP contribution in [0.2, 0.25) is 0 Å². The summed E-state index contributed by atoms with van der Waals surface area (Å²) in [6.45, 7) is 13.6. The van der Waals surface area contributed by atoms with Crippen LogP contribution < -0.4 is 0 Å². The van der Waals surface area contributed by atoms with E-state index in [0.29, 0.717) is 12.0 Å². The fourth-order valence-electron chi connectivity index (χ4n) is 9.78. The van der Waals surface area contributed by atoms with Crippen molar-refractivity contribution in [2.75, 3.05) is 34.9 Å². The molecule has 426 valence electrons. The van der Waals surface area contributed by atoms with Crippen molar-refractivity contribution in [1.29, 1.82) is 0 Å². The number of aliphatic hydroxyl groups excluding tert-OH is 6. The Morgan fingerprint density at radius 1 is 0.838 bits per heavy atom. The van der Waals surface area contributed by atoms with Crippen LogP contribution >= 0.6 is 0 Å². The Kier molecular flexibility index (Phi) is 25.7. The lowest BCUT2D eigenvalue weighted by atomic mass is 9.79. The number of ketones is 1. The fourth-order valence-corrected chi connectivity index (χ4v) is 9.78. The van der Waals surface area contributed by atoms with Gasteiger partial charge in [0.05, 0.1) is 55.2 Å². The predicted molar refractivity (Wildman–Crippen MR) is 258 cm³/mol. The zero-order valence-corrected chi connectivity index (χ0v) is 44.4. The number of carbonyl (C=O) groups is 5. The summed E-state index contributed by atoms with van der Waals surface area (Å²) < 4.78 is 54.7. The van der Waals surface area contributed by atoms with E-state index in [0.717, 1.165) is 6.29 Å². The highest BCUT2D eigenvalue weighted by atomic mass is 16.7. The maximum Gasteiger partial charge on any atom is 0.335 e. The van der Waals surface area contributed by atoms with Crippen molar-refractivity contribution in [3.63, 3.8) is 0 Å². The number of methoxy groups -OCH3 is 2. The Balaban J connectivity index is 0.00000130. The molecule has 0 radical (unpaired) electrons. The van der Waals surface area contributed by atoms with Crippen LogP contribution in [0.3, 0.4) is 0 Å². The zero-order chi connectivity index (χ0) is 56.1. The maximum absolute atomic E-state index is 13.8. The molecule has 0 amide bonds. The first-order chi connectivity index (χ1) is 34.5. The summed E-state index contributed by atoms with van der Waals surface area (Å²) in [7, 11) is 6.43. The molecule has 4 heterocycles. The number of allylic oxidation sites excluding steroid dienone is 3. The SMILES string of the molecule is CC[C@H]1OC(=O)C[C@@H](O)[C@H](C)[C@@H](O[C@@H]2O[C@H](C)[C@@H](O[C@@H]3C[C@](C)(O)[C@H](O)[C@@H](C)O3)[C@H](N(C)C)[C@H]2O)[C@@H](CC=O)C[C@@H](C)C(=O)C=CC(C)=C[C@@H]1CO[C@@H]1O[C@H](C)[C@@H](O)[C@@H](OC)[C@H]1OC.O=C(O)C(O)C(O)C(=O)O. The van der Waals surface area contributed by atoms with Gasteiger partial charge in [-0.2, -0.15) is 0 Å². The van der Waals surface area contributed by atoms with Gasteiger partial charge in [0, 0.05) is 44.8 Å². The van der Waals surface area contributed by atoms with E-state index in [1.54, 1.807) is 59.7 Å². The van der Waals surface area contributed by atoms with Crippen LogP contribution in [0, 0.1) is 23.7 Å². The maximum atomic E-state index is 13.8. The number of hydrogen-bond acceptors (Lipinski definition) is 22. The molecule has 4 aliphatic rings. The molecule has 0 spiro atoms. The molecule has 3 saturated heterocycles. The van der Waals surface area contributed by atoms with Crippen molar-refractivity contribution in [3.8, 4) is 0 Å². The third kappa shape index (κ3) is 17.3. The first-order valence-corrected chi connectivity index (χ1v) is 25.0. The van der Waals surface area contributed by atoms with Crippen LogP contribution in [0.1, 0.15) is 87.5 Å². The number of aliphatic carboxylic acids is 2. The number of aliphatic hydroxyl groups is 7. The molecule has 24 heteroatoms. The number of carboxylic acids is 2. The van der Waals surface area contributed by atoms with E-state index in [9.17, 15) is 49.5 Å². The Bertz CT molecular complexity index is 1850. The van der Waals surface area contributed by atoms with Crippen molar-refractivity contribution >= 4 is 30.0 Å². The third-order valence-corrected chi connectivity index (χ3v) is 14.2.